The van der Waals surface area contributed by atoms with Crippen molar-refractivity contribution in [1.82, 2.24) is 0 Å². The summed E-state index contributed by atoms with van der Waals surface area (Å²) in [4.78, 5) is 12.1. The van der Waals surface area contributed by atoms with Gasteiger partial charge in [-0.2, -0.15) is 0 Å². The number of hydrogen-bond donors (Lipinski definition) is 1. The van der Waals surface area contributed by atoms with E-state index in [-0.39, 0.29) is 18.0 Å². The van der Waals surface area contributed by atoms with Gasteiger partial charge >= 0.3 is 0 Å². The van der Waals surface area contributed by atoms with E-state index in [0.717, 1.165) is 16.3 Å². The lowest BCUT2D eigenvalue weighted by Gasteiger charge is -2.08. The van der Waals surface area contributed by atoms with Crippen LogP contribution in [0.1, 0.15) is 5.56 Å². The summed E-state index contributed by atoms with van der Waals surface area (Å²) in [6, 6.07) is 19.9. The standard InChI is InChI=1S/C18H14FNO/c19-16-10-3-4-11-17(16)20-18(21)12-14-8-5-7-13-6-1-2-9-15(13)14/h1-11H,12H2,(H,20,21). The average molecular weight is 279 g/mol. The second kappa shape index (κ2) is 5.75. The van der Waals surface area contributed by atoms with Crippen molar-refractivity contribution in [2.24, 2.45) is 0 Å². The second-order valence-corrected chi connectivity index (χ2v) is 4.84. The molecule has 0 saturated carbocycles. The molecule has 1 N–H and O–H groups in total. The van der Waals surface area contributed by atoms with Gasteiger partial charge in [-0.1, -0.05) is 54.6 Å². The van der Waals surface area contributed by atoms with Crippen LogP contribution in [0.25, 0.3) is 10.8 Å². The molecule has 104 valence electrons. The Morgan fingerprint density at radius 3 is 2.48 bits per heavy atom. The monoisotopic (exact) mass is 279 g/mol. The molecule has 3 aromatic carbocycles. The lowest BCUT2D eigenvalue weighted by Crippen LogP contribution is -2.15. The van der Waals surface area contributed by atoms with Crippen molar-refractivity contribution in [2.75, 3.05) is 5.32 Å². The number of carbonyl (C=O) groups is 1. The van der Waals surface area contributed by atoms with Gasteiger partial charge < -0.3 is 5.32 Å². The van der Waals surface area contributed by atoms with E-state index in [4.69, 9.17) is 0 Å². The van der Waals surface area contributed by atoms with Crippen molar-refractivity contribution < 1.29 is 9.18 Å². The van der Waals surface area contributed by atoms with Gasteiger partial charge in [-0.25, -0.2) is 4.39 Å². The third kappa shape index (κ3) is 2.92. The number of fused-ring (bicyclic) bond motifs is 1. The van der Waals surface area contributed by atoms with E-state index in [1.165, 1.54) is 6.07 Å². The molecule has 0 saturated heterocycles. The molecule has 0 unspecified atom stereocenters. The summed E-state index contributed by atoms with van der Waals surface area (Å²) in [5.74, 6) is -0.653. The topological polar surface area (TPSA) is 29.1 Å². The van der Waals surface area contributed by atoms with Gasteiger partial charge in [0.15, 0.2) is 0 Å². The van der Waals surface area contributed by atoms with E-state index in [9.17, 15) is 9.18 Å². The van der Waals surface area contributed by atoms with Crippen molar-refractivity contribution in [3.8, 4) is 0 Å². The summed E-state index contributed by atoms with van der Waals surface area (Å²) in [5, 5.41) is 4.75. The lowest BCUT2D eigenvalue weighted by atomic mass is 10.0. The molecule has 0 aromatic heterocycles. The van der Waals surface area contributed by atoms with Crippen LogP contribution in [-0.4, -0.2) is 5.91 Å². The van der Waals surface area contributed by atoms with E-state index in [0.29, 0.717) is 0 Å². The molecule has 3 aromatic rings. The maximum absolute atomic E-state index is 13.5. The maximum Gasteiger partial charge on any atom is 0.228 e. The van der Waals surface area contributed by atoms with Gasteiger partial charge in [0, 0.05) is 0 Å². The Bertz CT molecular complexity index is 793. The Balaban J connectivity index is 1.82. The fourth-order valence-electron chi connectivity index (χ4n) is 2.38. The van der Waals surface area contributed by atoms with Crippen molar-refractivity contribution in [3.05, 3.63) is 78.1 Å². The first-order valence-corrected chi connectivity index (χ1v) is 6.75. The van der Waals surface area contributed by atoms with E-state index in [2.05, 4.69) is 5.32 Å². The molecular weight excluding hydrogens is 265 g/mol. The number of benzene rings is 3. The van der Waals surface area contributed by atoms with Crippen molar-refractivity contribution in [1.29, 1.82) is 0 Å². The number of rotatable bonds is 3. The van der Waals surface area contributed by atoms with Gasteiger partial charge in [-0.05, 0) is 28.5 Å². The summed E-state index contributed by atoms with van der Waals surface area (Å²) in [6.45, 7) is 0. The van der Waals surface area contributed by atoms with E-state index in [1.807, 2.05) is 42.5 Å². The molecule has 3 heteroatoms. The zero-order chi connectivity index (χ0) is 14.7. The summed E-state index contributed by atoms with van der Waals surface area (Å²) >= 11 is 0. The number of nitrogens with one attached hydrogen (secondary N) is 1. The number of amides is 1. The molecule has 0 aliphatic heterocycles. The SMILES string of the molecule is O=C(Cc1cccc2ccccc12)Nc1ccccc1F. The molecule has 3 rings (SSSR count). The fraction of sp³-hybridized carbons (Fsp3) is 0.0556. The smallest absolute Gasteiger partial charge is 0.228 e. The van der Waals surface area contributed by atoms with Crippen LogP contribution < -0.4 is 5.32 Å². The minimum atomic E-state index is -0.427. The lowest BCUT2D eigenvalue weighted by molar-refractivity contribution is -0.115. The molecule has 1 amide bonds. The summed E-state index contributed by atoms with van der Waals surface area (Å²) in [5.41, 5.74) is 1.14. The molecule has 0 radical (unpaired) electrons. The van der Waals surface area contributed by atoms with Crippen LogP contribution in [0, 0.1) is 5.82 Å². The summed E-state index contributed by atoms with van der Waals surface area (Å²) in [6.07, 6.45) is 0.218. The van der Waals surface area contributed by atoms with Crippen LogP contribution >= 0.6 is 0 Å². The Hall–Kier alpha value is -2.68. The molecule has 0 fully saturated rings. The van der Waals surface area contributed by atoms with Crippen LogP contribution in [0.5, 0.6) is 0 Å². The highest BCUT2D eigenvalue weighted by atomic mass is 19.1. The minimum absolute atomic E-state index is 0.211. The van der Waals surface area contributed by atoms with E-state index >= 15 is 0 Å². The molecule has 21 heavy (non-hydrogen) atoms. The largest absolute Gasteiger partial charge is 0.323 e. The summed E-state index contributed by atoms with van der Waals surface area (Å²) in [7, 11) is 0. The van der Waals surface area contributed by atoms with Gasteiger partial charge in [0.25, 0.3) is 0 Å². The predicted octanol–water partition coefficient (Wildman–Crippen LogP) is 4.16. The highest BCUT2D eigenvalue weighted by molar-refractivity contribution is 5.96. The molecule has 0 atom stereocenters. The number of hydrogen-bond acceptors (Lipinski definition) is 1. The van der Waals surface area contributed by atoms with Crippen molar-refractivity contribution in [3.63, 3.8) is 0 Å². The zero-order valence-electron chi connectivity index (χ0n) is 11.3. The molecule has 0 aliphatic rings. The quantitative estimate of drug-likeness (QED) is 0.766. The van der Waals surface area contributed by atoms with Gasteiger partial charge in [-0.3, -0.25) is 4.79 Å². The van der Waals surface area contributed by atoms with Crippen LogP contribution in [0.15, 0.2) is 66.7 Å². The number of halogens is 1. The highest BCUT2D eigenvalue weighted by Gasteiger charge is 2.09. The van der Waals surface area contributed by atoms with Gasteiger partial charge in [0.2, 0.25) is 5.91 Å². The fourth-order valence-corrected chi connectivity index (χ4v) is 2.38. The molecule has 0 spiro atoms. The molecule has 0 bridgehead atoms. The highest BCUT2D eigenvalue weighted by Crippen LogP contribution is 2.20. The third-order valence-corrected chi connectivity index (χ3v) is 3.38. The second-order valence-electron chi connectivity index (χ2n) is 4.84. The first kappa shape index (κ1) is 13.3. The van der Waals surface area contributed by atoms with E-state index < -0.39 is 5.82 Å². The maximum atomic E-state index is 13.5. The molecule has 0 heterocycles. The first-order chi connectivity index (χ1) is 10.2. The van der Waals surface area contributed by atoms with E-state index in [1.54, 1.807) is 18.2 Å². The number of para-hydroxylation sites is 1. The minimum Gasteiger partial charge on any atom is -0.323 e. The Kier molecular flexibility index (Phi) is 3.65. The summed E-state index contributed by atoms with van der Waals surface area (Å²) < 4.78 is 13.5. The van der Waals surface area contributed by atoms with Crippen LogP contribution in [0.4, 0.5) is 10.1 Å². The average Bonchev–Trinajstić information content (AvgIpc) is 2.50. The van der Waals surface area contributed by atoms with Crippen LogP contribution in [0.3, 0.4) is 0 Å². The van der Waals surface area contributed by atoms with Crippen molar-refractivity contribution in [2.45, 2.75) is 6.42 Å². The number of anilines is 1. The van der Waals surface area contributed by atoms with Gasteiger partial charge in [-0.15, -0.1) is 0 Å². The zero-order valence-corrected chi connectivity index (χ0v) is 11.3. The van der Waals surface area contributed by atoms with Crippen LogP contribution in [0.2, 0.25) is 0 Å². The normalized spacial score (nSPS) is 10.5. The molecular formula is C18H14FNO. The van der Waals surface area contributed by atoms with Crippen molar-refractivity contribution >= 4 is 22.4 Å². The van der Waals surface area contributed by atoms with Gasteiger partial charge in [0.1, 0.15) is 5.82 Å². The third-order valence-electron chi connectivity index (χ3n) is 3.38. The Morgan fingerprint density at radius 2 is 1.62 bits per heavy atom. The number of carbonyl (C=O) groups excluding carboxylic acids is 1. The van der Waals surface area contributed by atoms with Crippen LogP contribution in [-0.2, 0) is 11.2 Å². The first-order valence-electron chi connectivity index (χ1n) is 6.75. The van der Waals surface area contributed by atoms with Gasteiger partial charge in [0.05, 0.1) is 12.1 Å². The molecule has 0 aliphatic carbocycles. The molecule has 2 nitrogen and oxygen atoms in total. The Labute approximate surface area is 122 Å². The Morgan fingerprint density at radius 1 is 0.905 bits per heavy atom. The predicted molar refractivity (Wildman–Crippen MR) is 82.7 cm³/mol.